The monoisotopic (exact) mass is 426 g/mol. The van der Waals surface area contributed by atoms with Gasteiger partial charge in [0.2, 0.25) is 0 Å². The van der Waals surface area contributed by atoms with Gasteiger partial charge in [-0.25, -0.2) is 4.98 Å². The SMILES string of the molecule is CCc1cccc2cc(OCC(C)(C)c3nc(N)cc4ccccc34)cc(C(C)(C)C)c12. The van der Waals surface area contributed by atoms with Crippen molar-refractivity contribution >= 4 is 27.4 Å². The van der Waals surface area contributed by atoms with Gasteiger partial charge in [-0.2, -0.15) is 0 Å². The number of aromatic nitrogens is 1. The fourth-order valence-corrected chi connectivity index (χ4v) is 4.52. The molecule has 0 fully saturated rings. The van der Waals surface area contributed by atoms with E-state index in [9.17, 15) is 0 Å². The number of rotatable bonds is 5. The molecule has 3 aromatic carbocycles. The highest BCUT2D eigenvalue weighted by atomic mass is 16.5. The smallest absolute Gasteiger partial charge is 0.124 e. The number of pyridine rings is 1. The van der Waals surface area contributed by atoms with Crippen molar-refractivity contribution in [3.8, 4) is 5.75 Å². The average Bonchev–Trinajstić information content (AvgIpc) is 2.75. The lowest BCUT2D eigenvalue weighted by Gasteiger charge is -2.28. The molecule has 0 radical (unpaired) electrons. The summed E-state index contributed by atoms with van der Waals surface area (Å²) in [5.74, 6) is 1.44. The van der Waals surface area contributed by atoms with E-state index in [1.165, 1.54) is 21.9 Å². The Morgan fingerprint density at radius 1 is 0.875 bits per heavy atom. The molecule has 4 aromatic rings. The van der Waals surface area contributed by atoms with Gasteiger partial charge in [-0.1, -0.05) is 84.0 Å². The molecule has 0 unspecified atom stereocenters. The summed E-state index contributed by atoms with van der Waals surface area (Å²) in [6, 6.07) is 21.2. The van der Waals surface area contributed by atoms with Gasteiger partial charge in [0.25, 0.3) is 0 Å². The molecule has 4 rings (SSSR count). The Labute approximate surface area is 191 Å². The van der Waals surface area contributed by atoms with Crippen LogP contribution in [0, 0.1) is 0 Å². The third kappa shape index (κ3) is 4.17. The number of hydrogen-bond donors (Lipinski definition) is 1. The third-order valence-electron chi connectivity index (χ3n) is 6.23. The lowest BCUT2D eigenvalue weighted by atomic mass is 9.81. The molecule has 32 heavy (non-hydrogen) atoms. The van der Waals surface area contributed by atoms with Crippen LogP contribution in [0.4, 0.5) is 5.82 Å². The normalized spacial score (nSPS) is 12.4. The fourth-order valence-electron chi connectivity index (χ4n) is 4.52. The van der Waals surface area contributed by atoms with Crippen LogP contribution in [0.3, 0.4) is 0 Å². The first-order chi connectivity index (χ1) is 15.1. The van der Waals surface area contributed by atoms with Gasteiger partial charge in [0.05, 0.1) is 12.3 Å². The summed E-state index contributed by atoms with van der Waals surface area (Å²) in [6.07, 6.45) is 1.02. The zero-order chi connectivity index (χ0) is 23.1. The van der Waals surface area contributed by atoms with E-state index in [2.05, 4.69) is 84.0 Å². The van der Waals surface area contributed by atoms with Crippen LogP contribution in [0.5, 0.6) is 5.75 Å². The Bertz CT molecular complexity index is 1280. The number of ether oxygens (including phenoxy) is 1. The van der Waals surface area contributed by atoms with Crippen LogP contribution >= 0.6 is 0 Å². The quantitative estimate of drug-likeness (QED) is 0.367. The van der Waals surface area contributed by atoms with E-state index < -0.39 is 0 Å². The molecule has 0 amide bonds. The number of anilines is 1. The number of nitrogens with two attached hydrogens (primary N) is 1. The zero-order valence-electron chi connectivity index (χ0n) is 20.1. The van der Waals surface area contributed by atoms with E-state index in [0.29, 0.717) is 12.4 Å². The molecule has 3 nitrogen and oxygen atoms in total. The van der Waals surface area contributed by atoms with Gasteiger partial charge in [0.1, 0.15) is 11.6 Å². The van der Waals surface area contributed by atoms with E-state index in [-0.39, 0.29) is 10.8 Å². The van der Waals surface area contributed by atoms with Crippen LogP contribution < -0.4 is 10.5 Å². The highest BCUT2D eigenvalue weighted by molar-refractivity contribution is 5.91. The van der Waals surface area contributed by atoms with Crippen molar-refractivity contribution in [3.63, 3.8) is 0 Å². The fraction of sp³-hybridized carbons (Fsp3) is 0.345. The minimum Gasteiger partial charge on any atom is -0.493 e. The third-order valence-corrected chi connectivity index (χ3v) is 6.23. The van der Waals surface area contributed by atoms with Crippen molar-refractivity contribution in [1.29, 1.82) is 0 Å². The van der Waals surface area contributed by atoms with E-state index in [0.717, 1.165) is 28.6 Å². The molecule has 1 heterocycles. The number of nitrogen functional groups attached to an aromatic ring is 1. The first kappa shape index (κ1) is 22.1. The molecule has 2 N–H and O–H groups in total. The summed E-state index contributed by atoms with van der Waals surface area (Å²) in [7, 11) is 0. The Kier molecular flexibility index (Phi) is 5.62. The zero-order valence-corrected chi connectivity index (χ0v) is 20.1. The molecule has 1 aromatic heterocycles. The first-order valence-electron chi connectivity index (χ1n) is 11.4. The van der Waals surface area contributed by atoms with Crippen LogP contribution in [0.1, 0.15) is 58.4 Å². The van der Waals surface area contributed by atoms with E-state index in [1.54, 1.807) is 0 Å². The van der Waals surface area contributed by atoms with Gasteiger partial charge in [0.15, 0.2) is 0 Å². The van der Waals surface area contributed by atoms with Crippen molar-refractivity contribution < 1.29 is 4.74 Å². The molecule has 0 saturated heterocycles. The number of fused-ring (bicyclic) bond motifs is 2. The maximum atomic E-state index is 6.45. The highest BCUT2D eigenvalue weighted by Crippen LogP contribution is 2.37. The summed E-state index contributed by atoms with van der Waals surface area (Å²) >= 11 is 0. The van der Waals surface area contributed by atoms with Crippen LogP contribution in [-0.4, -0.2) is 11.6 Å². The van der Waals surface area contributed by atoms with Crippen LogP contribution in [0.2, 0.25) is 0 Å². The predicted molar refractivity (Wildman–Crippen MR) is 137 cm³/mol. The maximum Gasteiger partial charge on any atom is 0.124 e. The topological polar surface area (TPSA) is 48.1 Å². The Morgan fingerprint density at radius 2 is 1.59 bits per heavy atom. The summed E-state index contributed by atoms with van der Waals surface area (Å²) in [6.45, 7) is 13.9. The number of aryl methyl sites for hydroxylation is 1. The molecule has 0 aliphatic heterocycles. The largest absolute Gasteiger partial charge is 0.493 e. The van der Waals surface area contributed by atoms with Gasteiger partial charge >= 0.3 is 0 Å². The Morgan fingerprint density at radius 3 is 2.31 bits per heavy atom. The molecule has 0 atom stereocenters. The molecule has 166 valence electrons. The lowest BCUT2D eigenvalue weighted by molar-refractivity contribution is 0.238. The average molecular weight is 427 g/mol. The second-order valence-electron chi connectivity index (χ2n) is 10.4. The summed E-state index contributed by atoms with van der Waals surface area (Å²) in [4.78, 5) is 4.71. The standard InChI is InChI=1S/C29H34N2O/c1-7-19-12-10-13-21-15-22(17-24(26(19)21)28(2,3)4)32-18-29(5,6)27-23-14-9-8-11-20(23)16-25(30)31-27/h8-17H,7,18H2,1-6H3,(H2,30,31). The second-order valence-corrected chi connectivity index (χ2v) is 10.4. The van der Waals surface area contributed by atoms with Gasteiger partial charge in [-0.3, -0.25) is 0 Å². The van der Waals surface area contributed by atoms with Gasteiger partial charge < -0.3 is 10.5 Å². The molecule has 0 spiro atoms. The first-order valence-corrected chi connectivity index (χ1v) is 11.4. The molecular formula is C29H34N2O. The predicted octanol–water partition coefficient (Wildman–Crippen LogP) is 7.19. The van der Waals surface area contributed by atoms with Gasteiger partial charge in [0, 0.05) is 10.8 Å². The minimum absolute atomic E-state index is 0.0179. The molecule has 3 heteroatoms. The molecule has 0 aliphatic rings. The molecule has 0 saturated carbocycles. The molecule has 0 bridgehead atoms. The highest BCUT2D eigenvalue weighted by Gasteiger charge is 2.27. The van der Waals surface area contributed by atoms with Gasteiger partial charge in [-0.05, 0) is 57.3 Å². The number of nitrogens with zero attached hydrogens (tertiary/aromatic N) is 1. The van der Waals surface area contributed by atoms with E-state index in [4.69, 9.17) is 15.5 Å². The number of hydrogen-bond acceptors (Lipinski definition) is 3. The Hall–Kier alpha value is -3.07. The van der Waals surface area contributed by atoms with Crippen molar-refractivity contribution in [3.05, 3.63) is 77.5 Å². The number of benzene rings is 3. The summed E-state index contributed by atoms with van der Waals surface area (Å²) in [5.41, 5.74) is 9.52. The summed E-state index contributed by atoms with van der Waals surface area (Å²) < 4.78 is 6.45. The van der Waals surface area contributed by atoms with Crippen molar-refractivity contribution in [2.75, 3.05) is 12.3 Å². The molecular weight excluding hydrogens is 392 g/mol. The minimum atomic E-state index is -0.308. The van der Waals surface area contributed by atoms with E-state index >= 15 is 0 Å². The van der Waals surface area contributed by atoms with Crippen LogP contribution in [-0.2, 0) is 17.3 Å². The van der Waals surface area contributed by atoms with Crippen LogP contribution in [0.15, 0.2) is 60.7 Å². The molecule has 0 aliphatic carbocycles. The van der Waals surface area contributed by atoms with Crippen molar-refractivity contribution in [2.24, 2.45) is 0 Å². The lowest BCUT2D eigenvalue weighted by Crippen LogP contribution is -2.28. The maximum absolute atomic E-state index is 6.45. The van der Waals surface area contributed by atoms with Crippen molar-refractivity contribution in [2.45, 2.75) is 58.8 Å². The Balaban J connectivity index is 1.73. The van der Waals surface area contributed by atoms with Crippen LogP contribution in [0.25, 0.3) is 21.5 Å². The van der Waals surface area contributed by atoms with Crippen molar-refractivity contribution in [1.82, 2.24) is 4.98 Å². The van der Waals surface area contributed by atoms with E-state index in [1.807, 2.05) is 18.2 Å². The van der Waals surface area contributed by atoms with Gasteiger partial charge in [-0.15, -0.1) is 0 Å². The second kappa shape index (κ2) is 8.12. The summed E-state index contributed by atoms with van der Waals surface area (Å²) in [5, 5.41) is 4.82.